The lowest BCUT2D eigenvalue weighted by Gasteiger charge is -2.28. The number of rotatable bonds is 3. The Hall–Kier alpha value is -4.68. The summed E-state index contributed by atoms with van der Waals surface area (Å²) in [5.74, 6) is 0. The number of nitrogens with zero attached hydrogens (tertiary/aromatic N) is 2. The fourth-order valence-corrected chi connectivity index (χ4v) is 6.06. The maximum absolute atomic E-state index is 12.0. The first-order valence-corrected chi connectivity index (χ1v) is 17.5. The van der Waals surface area contributed by atoms with Gasteiger partial charge in [0, 0.05) is 36.0 Å². The zero-order valence-corrected chi connectivity index (χ0v) is 29.6. The zero-order valence-electron chi connectivity index (χ0n) is 28.8. The van der Waals surface area contributed by atoms with Crippen LogP contribution in [0.15, 0.2) is 139 Å². The number of pyridine rings is 1. The average Bonchev–Trinajstić information content (AvgIpc) is 3.66. The maximum atomic E-state index is 12.0. The van der Waals surface area contributed by atoms with Crippen molar-refractivity contribution >= 4 is 17.0 Å². The first-order valence-electron chi connectivity index (χ1n) is 16.6. The minimum atomic E-state index is -4.22. The lowest BCUT2D eigenvalue weighted by Crippen LogP contribution is -2.29. The summed E-state index contributed by atoms with van der Waals surface area (Å²) >= 11 is 1.78. The van der Waals surface area contributed by atoms with Gasteiger partial charge >= 0.3 is 6.18 Å². The molecule has 0 amide bonds. The normalized spacial score (nSPS) is 12.3. The van der Waals surface area contributed by atoms with Gasteiger partial charge in [0.1, 0.15) is 0 Å². The Morgan fingerprint density at radius 3 is 1.65 bits per heavy atom. The second-order valence-electron chi connectivity index (χ2n) is 12.2. The van der Waals surface area contributed by atoms with Crippen LogP contribution in [0.2, 0.25) is 0 Å². The standard InChI is InChI=1S/C12H11N.C12H17N.C11H10S.C8H7F3/c1-10-3-2-4-12(9-10)11-5-7-13-8-6-11;1-11-5-7-12(8-6-11)13-9-3-2-4-10-13;1-9-4-2-5-10(8-9)11-6-3-7-12-11;1-6-3-2-4-7(5-6)8(9,10)11/h2-9H,1H3;5-8H,2-4,9-10H2,1H3;2-8H,1H3;2-5H,1H3. The zero-order chi connectivity index (χ0) is 35.1. The van der Waals surface area contributed by atoms with E-state index in [4.69, 9.17) is 0 Å². The van der Waals surface area contributed by atoms with Crippen molar-refractivity contribution < 1.29 is 13.2 Å². The van der Waals surface area contributed by atoms with E-state index >= 15 is 0 Å². The highest BCUT2D eigenvalue weighted by Gasteiger charge is 2.29. The smallest absolute Gasteiger partial charge is 0.372 e. The summed E-state index contributed by atoms with van der Waals surface area (Å²) < 4.78 is 35.9. The molecule has 7 rings (SSSR count). The Bertz CT molecular complexity index is 1810. The van der Waals surface area contributed by atoms with E-state index in [0.29, 0.717) is 5.56 Å². The van der Waals surface area contributed by atoms with Crippen molar-refractivity contribution in [3.63, 3.8) is 0 Å². The van der Waals surface area contributed by atoms with Crippen molar-refractivity contribution in [3.8, 4) is 21.6 Å². The van der Waals surface area contributed by atoms with Crippen LogP contribution >= 0.6 is 11.3 Å². The molecular weight excluding hydrogens is 634 g/mol. The first-order chi connectivity index (χ1) is 23.6. The molecule has 1 aliphatic heterocycles. The number of thiophene rings is 1. The topological polar surface area (TPSA) is 16.1 Å². The minimum absolute atomic E-state index is 0.586. The molecule has 2 aromatic heterocycles. The van der Waals surface area contributed by atoms with E-state index < -0.39 is 11.7 Å². The van der Waals surface area contributed by atoms with Crippen molar-refractivity contribution in [3.05, 3.63) is 167 Å². The van der Waals surface area contributed by atoms with Crippen LogP contribution < -0.4 is 4.90 Å². The van der Waals surface area contributed by atoms with Crippen molar-refractivity contribution in [2.45, 2.75) is 53.1 Å². The third kappa shape index (κ3) is 12.7. The number of aromatic nitrogens is 1. The lowest BCUT2D eigenvalue weighted by molar-refractivity contribution is -0.137. The molecule has 1 saturated heterocycles. The molecule has 4 aromatic carbocycles. The number of alkyl halides is 3. The van der Waals surface area contributed by atoms with E-state index in [-0.39, 0.29) is 0 Å². The third-order valence-corrected chi connectivity index (χ3v) is 8.88. The van der Waals surface area contributed by atoms with Gasteiger partial charge in [-0.15, -0.1) is 11.3 Å². The fourth-order valence-electron chi connectivity index (χ4n) is 5.34. The molecule has 1 fully saturated rings. The van der Waals surface area contributed by atoms with Crippen molar-refractivity contribution in [2.24, 2.45) is 0 Å². The number of piperidine rings is 1. The highest BCUT2D eigenvalue weighted by molar-refractivity contribution is 7.13. The van der Waals surface area contributed by atoms with E-state index in [1.54, 1.807) is 24.3 Å². The molecule has 1 aliphatic rings. The van der Waals surface area contributed by atoms with E-state index in [2.05, 4.69) is 121 Å². The molecule has 0 bridgehead atoms. The second-order valence-corrected chi connectivity index (χ2v) is 13.2. The highest BCUT2D eigenvalue weighted by atomic mass is 32.1. The fraction of sp³-hybridized carbons (Fsp3) is 0.233. The van der Waals surface area contributed by atoms with Crippen LogP contribution in [0, 0.1) is 27.7 Å². The molecule has 0 atom stereocenters. The SMILES string of the molecule is Cc1ccc(N2CCCCC2)cc1.Cc1cccc(-c2cccs2)c1.Cc1cccc(-c2ccncc2)c1.Cc1cccc(C(F)(F)F)c1. The number of hydrogen-bond acceptors (Lipinski definition) is 3. The van der Waals surface area contributed by atoms with Crippen LogP contribution in [-0.4, -0.2) is 18.1 Å². The van der Waals surface area contributed by atoms with E-state index in [1.807, 2.05) is 24.5 Å². The molecule has 0 spiro atoms. The van der Waals surface area contributed by atoms with Gasteiger partial charge in [-0.2, -0.15) is 13.2 Å². The molecule has 0 radical (unpaired) electrons. The second kappa shape index (κ2) is 18.8. The summed E-state index contributed by atoms with van der Waals surface area (Å²) in [5.41, 5.74) is 9.18. The largest absolute Gasteiger partial charge is 0.416 e. The van der Waals surface area contributed by atoms with Gasteiger partial charge in [0.15, 0.2) is 0 Å². The molecule has 0 unspecified atom stereocenters. The van der Waals surface area contributed by atoms with Gasteiger partial charge in [-0.25, -0.2) is 0 Å². The van der Waals surface area contributed by atoms with E-state index in [1.165, 1.54) is 82.4 Å². The summed E-state index contributed by atoms with van der Waals surface area (Å²) in [6, 6.07) is 39.4. The molecule has 0 N–H and O–H groups in total. The van der Waals surface area contributed by atoms with Crippen LogP contribution in [0.25, 0.3) is 21.6 Å². The lowest BCUT2D eigenvalue weighted by atomic mass is 10.1. The first kappa shape index (κ1) is 37.1. The van der Waals surface area contributed by atoms with Gasteiger partial charge < -0.3 is 4.90 Å². The Morgan fingerprint density at radius 1 is 0.551 bits per heavy atom. The molecule has 49 heavy (non-hydrogen) atoms. The number of aryl methyl sites for hydroxylation is 4. The predicted molar refractivity (Wildman–Crippen MR) is 202 cm³/mol. The third-order valence-electron chi connectivity index (χ3n) is 7.96. The summed E-state index contributed by atoms with van der Waals surface area (Å²) in [6.07, 6.45) is 3.53. The van der Waals surface area contributed by atoms with Gasteiger partial charge in [0.2, 0.25) is 0 Å². The van der Waals surface area contributed by atoms with E-state index in [0.717, 1.165) is 12.1 Å². The average molecular weight is 679 g/mol. The summed E-state index contributed by atoms with van der Waals surface area (Å²) in [7, 11) is 0. The van der Waals surface area contributed by atoms with E-state index in [9.17, 15) is 13.2 Å². The molecular formula is C43H45F3N2S. The maximum Gasteiger partial charge on any atom is 0.416 e. The van der Waals surface area contributed by atoms with Crippen LogP contribution in [0.1, 0.15) is 47.1 Å². The number of halogens is 3. The quantitative estimate of drug-likeness (QED) is 0.185. The number of benzene rings is 4. The molecule has 6 heteroatoms. The summed E-state index contributed by atoms with van der Waals surface area (Å²) in [4.78, 5) is 7.83. The van der Waals surface area contributed by atoms with Gasteiger partial charge in [0.05, 0.1) is 5.56 Å². The molecule has 2 nitrogen and oxygen atoms in total. The van der Waals surface area contributed by atoms with Gasteiger partial charge in [-0.3, -0.25) is 4.98 Å². The molecule has 254 valence electrons. The van der Waals surface area contributed by atoms with Crippen molar-refractivity contribution in [2.75, 3.05) is 18.0 Å². The summed E-state index contributed by atoms with van der Waals surface area (Å²) in [5, 5.41) is 2.11. The molecule has 0 aliphatic carbocycles. The summed E-state index contributed by atoms with van der Waals surface area (Å²) in [6.45, 7) is 10.5. The van der Waals surface area contributed by atoms with Crippen LogP contribution in [-0.2, 0) is 6.18 Å². The van der Waals surface area contributed by atoms with Gasteiger partial charge in [-0.1, -0.05) is 107 Å². The predicted octanol–water partition coefficient (Wildman–Crippen LogP) is 12.8. The Balaban J connectivity index is 0.000000148. The van der Waals surface area contributed by atoms with Crippen molar-refractivity contribution in [1.82, 2.24) is 4.98 Å². The highest BCUT2D eigenvalue weighted by Crippen LogP contribution is 2.29. The monoisotopic (exact) mass is 678 g/mol. The van der Waals surface area contributed by atoms with Crippen LogP contribution in [0.4, 0.5) is 18.9 Å². The molecule has 3 heterocycles. The number of anilines is 1. The Kier molecular flexibility index (Phi) is 14.2. The van der Waals surface area contributed by atoms with Crippen LogP contribution in [0.5, 0.6) is 0 Å². The van der Waals surface area contributed by atoms with Gasteiger partial charge in [0.25, 0.3) is 0 Å². The molecule has 6 aromatic rings. The Labute approximate surface area is 293 Å². The van der Waals surface area contributed by atoms with Crippen LogP contribution in [0.3, 0.4) is 0 Å². The molecule has 0 saturated carbocycles. The Morgan fingerprint density at radius 2 is 1.12 bits per heavy atom. The minimum Gasteiger partial charge on any atom is -0.372 e. The number of hydrogen-bond donors (Lipinski definition) is 0. The van der Waals surface area contributed by atoms with Crippen molar-refractivity contribution in [1.29, 1.82) is 0 Å². The van der Waals surface area contributed by atoms with Gasteiger partial charge in [-0.05, 0) is 105 Å².